The molecule has 0 atom stereocenters. The van der Waals surface area contributed by atoms with Gasteiger partial charge in [0.05, 0.1) is 5.39 Å². The monoisotopic (exact) mass is 373 g/mol. The van der Waals surface area contributed by atoms with Gasteiger partial charge in [0.15, 0.2) is 11.4 Å². The number of nitrogens with zero attached hydrogens (tertiary/aromatic N) is 5. The number of piperazine rings is 1. The van der Waals surface area contributed by atoms with Gasteiger partial charge in [-0.1, -0.05) is 30.3 Å². The Morgan fingerprint density at radius 2 is 1.79 bits per heavy atom. The molecule has 1 aliphatic rings. The standard InChI is InChI=1S/C22H23N5O/c1-15-12-16(2)25-22-18(15)19-20(28-22)21(24-14-23-19)27-10-8-26(9-11-27)13-17-6-4-3-5-7-17/h3-7,12,14H,8-11,13H2,1-2H3. The number of rotatable bonds is 3. The number of aryl methyl sites for hydroxylation is 2. The van der Waals surface area contributed by atoms with Crippen molar-refractivity contribution in [2.75, 3.05) is 31.1 Å². The first kappa shape index (κ1) is 17.1. The van der Waals surface area contributed by atoms with Gasteiger partial charge in [-0.25, -0.2) is 15.0 Å². The van der Waals surface area contributed by atoms with Crippen molar-refractivity contribution in [2.45, 2.75) is 20.4 Å². The predicted molar refractivity (Wildman–Crippen MR) is 111 cm³/mol. The first-order chi connectivity index (χ1) is 13.7. The third-order valence-corrected chi connectivity index (χ3v) is 5.45. The average Bonchev–Trinajstić information content (AvgIpc) is 3.08. The molecule has 4 aromatic rings. The summed E-state index contributed by atoms with van der Waals surface area (Å²) < 4.78 is 6.13. The molecule has 4 heterocycles. The SMILES string of the molecule is Cc1cc(C)c2c(n1)oc1c(N3CCN(Cc4ccccc4)CC3)ncnc12. The summed E-state index contributed by atoms with van der Waals surface area (Å²) in [4.78, 5) is 18.4. The summed E-state index contributed by atoms with van der Waals surface area (Å²) in [7, 11) is 0. The van der Waals surface area contributed by atoms with Crippen molar-refractivity contribution in [3.63, 3.8) is 0 Å². The van der Waals surface area contributed by atoms with Gasteiger partial charge in [-0.15, -0.1) is 0 Å². The topological polar surface area (TPSA) is 58.3 Å². The quantitative estimate of drug-likeness (QED) is 0.546. The molecule has 0 amide bonds. The van der Waals surface area contributed by atoms with Crippen LogP contribution in [0.15, 0.2) is 47.1 Å². The number of fused-ring (bicyclic) bond motifs is 3. The van der Waals surface area contributed by atoms with Crippen molar-refractivity contribution in [1.82, 2.24) is 19.9 Å². The molecule has 3 aromatic heterocycles. The second-order valence-corrected chi connectivity index (χ2v) is 7.49. The summed E-state index contributed by atoms with van der Waals surface area (Å²) in [6, 6.07) is 12.7. The van der Waals surface area contributed by atoms with Crippen LogP contribution in [0.1, 0.15) is 16.8 Å². The molecule has 0 radical (unpaired) electrons. The lowest BCUT2D eigenvalue weighted by molar-refractivity contribution is 0.249. The maximum Gasteiger partial charge on any atom is 0.229 e. The van der Waals surface area contributed by atoms with Gasteiger partial charge in [-0.05, 0) is 31.0 Å². The van der Waals surface area contributed by atoms with E-state index >= 15 is 0 Å². The maximum absolute atomic E-state index is 6.13. The van der Waals surface area contributed by atoms with Gasteiger partial charge >= 0.3 is 0 Å². The number of furan rings is 1. The van der Waals surface area contributed by atoms with E-state index in [-0.39, 0.29) is 0 Å². The van der Waals surface area contributed by atoms with Crippen LogP contribution in [0.25, 0.3) is 22.2 Å². The largest absolute Gasteiger partial charge is 0.432 e. The number of pyridine rings is 1. The van der Waals surface area contributed by atoms with Crippen LogP contribution in [0.5, 0.6) is 0 Å². The average molecular weight is 373 g/mol. The van der Waals surface area contributed by atoms with Gasteiger partial charge in [0.2, 0.25) is 5.71 Å². The van der Waals surface area contributed by atoms with E-state index in [4.69, 9.17) is 4.42 Å². The van der Waals surface area contributed by atoms with Crippen molar-refractivity contribution in [3.05, 3.63) is 59.5 Å². The summed E-state index contributed by atoms with van der Waals surface area (Å²) >= 11 is 0. The zero-order chi connectivity index (χ0) is 19.1. The lowest BCUT2D eigenvalue weighted by atomic mass is 10.1. The molecule has 1 aliphatic heterocycles. The van der Waals surface area contributed by atoms with Gasteiger partial charge in [-0.2, -0.15) is 0 Å². The molecule has 0 bridgehead atoms. The lowest BCUT2D eigenvalue weighted by Crippen LogP contribution is -2.46. The summed E-state index contributed by atoms with van der Waals surface area (Å²) in [5.74, 6) is 0.874. The number of anilines is 1. The van der Waals surface area contributed by atoms with Crippen LogP contribution in [-0.2, 0) is 6.54 Å². The Balaban J connectivity index is 1.42. The van der Waals surface area contributed by atoms with Crippen LogP contribution < -0.4 is 4.90 Å². The highest BCUT2D eigenvalue weighted by Crippen LogP contribution is 2.33. The van der Waals surface area contributed by atoms with Gasteiger partial charge < -0.3 is 9.32 Å². The number of hydrogen-bond acceptors (Lipinski definition) is 6. The van der Waals surface area contributed by atoms with Crippen molar-refractivity contribution < 1.29 is 4.42 Å². The molecular weight excluding hydrogens is 350 g/mol. The molecular formula is C22H23N5O. The van der Waals surface area contributed by atoms with Gasteiger partial charge in [0, 0.05) is 38.4 Å². The minimum absolute atomic E-state index is 0.650. The Morgan fingerprint density at radius 3 is 2.57 bits per heavy atom. The maximum atomic E-state index is 6.13. The molecule has 1 aromatic carbocycles. The normalized spacial score (nSPS) is 15.6. The van der Waals surface area contributed by atoms with Crippen LogP contribution in [0.2, 0.25) is 0 Å². The van der Waals surface area contributed by atoms with Gasteiger partial charge in [-0.3, -0.25) is 4.90 Å². The van der Waals surface area contributed by atoms with E-state index in [1.807, 2.05) is 6.92 Å². The molecule has 0 N–H and O–H groups in total. The highest BCUT2D eigenvalue weighted by molar-refractivity contribution is 6.06. The molecule has 1 saturated heterocycles. The van der Waals surface area contributed by atoms with E-state index in [1.165, 1.54) is 5.56 Å². The molecule has 0 spiro atoms. The van der Waals surface area contributed by atoms with Crippen molar-refractivity contribution >= 4 is 28.0 Å². The van der Waals surface area contributed by atoms with E-state index < -0.39 is 0 Å². The van der Waals surface area contributed by atoms with Crippen molar-refractivity contribution in [2.24, 2.45) is 0 Å². The van der Waals surface area contributed by atoms with Crippen LogP contribution in [0, 0.1) is 13.8 Å². The molecule has 6 nitrogen and oxygen atoms in total. The minimum Gasteiger partial charge on any atom is -0.432 e. The molecule has 142 valence electrons. The summed E-state index contributed by atoms with van der Waals surface area (Å²) in [5.41, 5.74) is 5.70. The Hall–Kier alpha value is -2.99. The summed E-state index contributed by atoms with van der Waals surface area (Å²) in [6.07, 6.45) is 1.64. The zero-order valence-corrected chi connectivity index (χ0v) is 16.2. The second-order valence-electron chi connectivity index (χ2n) is 7.49. The van der Waals surface area contributed by atoms with Gasteiger partial charge in [0.25, 0.3) is 0 Å². The Bertz CT molecular complexity index is 1130. The Labute approximate surface area is 163 Å². The molecule has 0 aliphatic carbocycles. The third-order valence-electron chi connectivity index (χ3n) is 5.45. The van der Waals surface area contributed by atoms with E-state index in [9.17, 15) is 0 Å². The Kier molecular flexibility index (Phi) is 4.20. The smallest absolute Gasteiger partial charge is 0.229 e. The van der Waals surface area contributed by atoms with E-state index in [0.29, 0.717) is 5.71 Å². The van der Waals surface area contributed by atoms with Crippen LogP contribution >= 0.6 is 0 Å². The van der Waals surface area contributed by atoms with Crippen LogP contribution in [0.4, 0.5) is 5.82 Å². The van der Waals surface area contributed by atoms with E-state index in [0.717, 1.165) is 66.3 Å². The molecule has 6 heteroatoms. The summed E-state index contributed by atoms with van der Waals surface area (Å²) in [6.45, 7) is 8.88. The van der Waals surface area contributed by atoms with E-state index in [1.54, 1.807) is 6.33 Å². The lowest BCUT2D eigenvalue weighted by Gasteiger charge is -2.35. The van der Waals surface area contributed by atoms with Crippen LogP contribution in [-0.4, -0.2) is 46.0 Å². The molecule has 1 fully saturated rings. The second kappa shape index (κ2) is 6.87. The summed E-state index contributed by atoms with van der Waals surface area (Å²) in [5, 5.41) is 0.993. The molecule has 5 rings (SSSR count). The predicted octanol–water partition coefficient (Wildman–Crippen LogP) is 3.71. The highest BCUT2D eigenvalue weighted by atomic mass is 16.3. The fraction of sp³-hybridized carbons (Fsp3) is 0.318. The zero-order valence-electron chi connectivity index (χ0n) is 16.2. The molecule has 28 heavy (non-hydrogen) atoms. The third kappa shape index (κ3) is 2.99. The highest BCUT2D eigenvalue weighted by Gasteiger charge is 2.23. The van der Waals surface area contributed by atoms with Crippen molar-refractivity contribution in [1.29, 1.82) is 0 Å². The fourth-order valence-corrected chi connectivity index (χ4v) is 4.08. The van der Waals surface area contributed by atoms with E-state index in [2.05, 4.69) is 68.1 Å². The first-order valence-corrected chi connectivity index (χ1v) is 9.72. The number of benzene rings is 1. The fourth-order valence-electron chi connectivity index (χ4n) is 4.08. The first-order valence-electron chi connectivity index (χ1n) is 9.72. The minimum atomic E-state index is 0.650. The number of aromatic nitrogens is 3. The molecule has 0 unspecified atom stereocenters. The molecule has 0 saturated carbocycles. The van der Waals surface area contributed by atoms with Crippen LogP contribution in [0.3, 0.4) is 0 Å². The Morgan fingerprint density at radius 1 is 1.00 bits per heavy atom. The van der Waals surface area contributed by atoms with Gasteiger partial charge in [0.1, 0.15) is 11.8 Å². The number of hydrogen-bond donors (Lipinski definition) is 0. The van der Waals surface area contributed by atoms with Crippen molar-refractivity contribution in [3.8, 4) is 0 Å².